The lowest BCUT2D eigenvalue weighted by Gasteiger charge is -2.14. The first-order chi connectivity index (χ1) is 11.0. The minimum atomic E-state index is -1.14. The van der Waals surface area contributed by atoms with E-state index in [1.54, 1.807) is 19.1 Å². The van der Waals surface area contributed by atoms with Crippen molar-refractivity contribution in [2.75, 3.05) is 27.9 Å². The zero-order valence-corrected chi connectivity index (χ0v) is 13.5. The third kappa shape index (κ3) is 4.64. The molecule has 0 saturated carbocycles. The molecule has 0 radical (unpaired) electrons. The van der Waals surface area contributed by atoms with Gasteiger partial charge in [0.15, 0.2) is 11.5 Å². The van der Waals surface area contributed by atoms with E-state index in [2.05, 4.69) is 0 Å². The summed E-state index contributed by atoms with van der Waals surface area (Å²) in [6.07, 6.45) is 0.948. The fourth-order valence-corrected chi connectivity index (χ4v) is 1.99. The Kier molecular flexibility index (Phi) is 6.92. The standard InChI is InChI=1S/C16H20O7/c1-5-23-16(19)11(9-13(17)18)8-10-6-7-12(20-2)15(22-4)14(10)21-3/h6-8H,5,9H2,1-4H3,(H,17,18). The predicted octanol–water partition coefficient (Wildman–Crippen LogP) is 2.13. The molecule has 0 aliphatic carbocycles. The van der Waals surface area contributed by atoms with Crippen molar-refractivity contribution in [3.05, 3.63) is 23.3 Å². The number of benzene rings is 1. The molecule has 126 valence electrons. The molecule has 1 aromatic carbocycles. The number of esters is 1. The first-order valence-electron chi connectivity index (χ1n) is 6.86. The van der Waals surface area contributed by atoms with Crippen LogP contribution < -0.4 is 14.2 Å². The Morgan fingerprint density at radius 1 is 1.09 bits per heavy atom. The van der Waals surface area contributed by atoms with Crippen LogP contribution >= 0.6 is 0 Å². The molecule has 0 unspecified atom stereocenters. The van der Waals surface area contributed by atoms with Gasteiger partial charge in [-0.1, -0.05) is 0 Å². The molecule has 0 fully saturated rings. The van der Waals surface area contributed by atoms with Crippen LogP contribution in [0.15, 0.2) is 17.7 Å². The summed E-state index contributed by atoms with van der Waals surface area (Å²) in [4.78, 5) is 22.9. The second-order valence-electron chi connectivity index (χ2n) is 4.38. The van der Waals surface area contributed by atoms with E-state index in [4.69, 9.17) is 24.1 Å². The smallest absolute Gasteiger partial charge is 0.334 e. The van der Waals surface area contributed by atoms with Gasteiger partial charge in [0.25, 0.3) is 0 Å². The molecular weight excluding hydrogens is 304 g/mol. The Morgan fingerprint density at radius 3 is 2.22 bits per heavy atom. The number of carboxylic acid groups (broad SMARTS) is 1. The molecule has 0 bridgehead atoms. The zero-order valence-electron chi connectivity index (χ0n) is 13.5. The lowest BCUT2D eigenvalue weighted by molar-refractivity contribution is -0.142. The molecule has 0 spiro atoms. The molecule has 7 heteroatoms. The fraction of sp³-hybridized carbons (Fsp3) is 0.375. The number of ether oxygens (including phenoxy) is 4. The van der Waals surface area contributed by atoms with E-state index in [1.807, 2.05) is 0 Å². The SMILES string of the molecule is CCOC(=O)C(=Cc1ccc(OC)c(OC)c1OC)CC(=O)O. The van der Waals surface area contributed by atoms with Crippen LogP contribution in [0.3, 0.4) is 0 Å². The monoisotopic (exact) mass is 324 g/mol. The van der Waals surface area contributed by atoms with Gasteiger partial charge in [0.05, 0.1) is 34.4 Å². The van der Waals surface area contributed by atoms with E-state index < -0.39 is 18.4 Å². The van der Waals surface area contributed by atoms with Crippen molar-refractivity contribution in [3.63, 3.8) is 0 Å². The quantitative estimate of drug-likeness (QED) is 0.578. The Hall–Kier alpha value is -2.70. The van der Waals surface area contributed by atoms with Gasteiger partial charge in [-0.05, 0) is 25.1 Å². The van der Waals surface area contributed by atoms with Crippen LogP contribution in [-0.2, 0) is 14.3 Å². The molecule has 1 N–H and O–H groups in total. The van der Waals surface area contributed by atoms with Crippen LogP contribution in [0.5, 0.6) is 17.2 Å². The Bertz CT molecular complexity index is 605. The Labute approximate surface area is 134 Å². The average Bonchev–Trinajstić information content (AvgIpc) is 2.53. The summed E-state index contributed by atoms with van der Waals surface area (Å²) in [5, 5.41) is 8.96. The molecule has 23 heavy (non-hydrogen) atoms. The molecule has 0 amide bonds. The van der Waals surface area contributed by atoms with Gasteiger partial charge in [-0.25, -0.2) is 4.79 Å². The topological polar surface area (TPSA) is 91.3 Å². The van der Waals surface area contributed by atoms with Gasteiger partial charge >= 0.3 is 11.9 Å². The summed E-state index contributed by atoms with van der Waals surface area (Å²) in [6.45, 7) is 1.80. The summed E-state index contributed by atoms with van der Waals surface area (Å²) in [7, 11) is 4.38. The molecular formula is C16H20O7. The minimum absolute atomic E-state index is 0.00451. The summed E-state index contributed by atoms with van der Waals surface area (Å²) in [5.41, 5.74) is 0.485. The second kappa shape index (κ2) is 8.67. The molecule has 0 atom stereocenters. The van der Waals surface area contributed by atoms with Crippen molar-refractivity contribution in [1.29, 1.82) is 0 Å². The van der Waals surface area contributed by atoms with Crippen molar-refractivity contribution >= 4 is 18.0 Å². The maximum absolute atomic E-state index is 11.9. The van der Waals surface area contributed by atoms with Gasteiger partial charge in [0.2, 0.25) is 5.75 Å². The molecule has 0 saturated heterocycles. The molecule has 0 heterocycles. The van der Waals surface area contributed by atoms with Crippen molar-refractivity contribution < 1.29 is 33.6 Å². The normalized spacial score (nSPS) is 10.9. The van der Waals surface area contributed by atoms with Crippen LogP contribution in [0, 0.1) is 0 Å². The maximum atomic E-state index is 11.9. The van der Waals surface area contributed by atoms with Gasteiger partial charge in [-0.15, -0.1) is 0 Å². The third-order valence-corrected chi connectivity index (χ3v) is 2.94. The van der Waals surface area contributed by atoms with E-state index in [0.717, 1.165) is 0 Å². The van der Waals surface area contributed by atoms with Crippen LogP contribution in [-0.4, -0.2) is 45.0 Å². The lowest BCUT2D eigenvalue weighted by Crippen LogP contribution is -2.11. The summed E-state index contributed by atoms with van der Waals surface area (Å²) >= 11 is 0. The lowest BCUT2D eigenvalue weighted by atomic mass is 10.1. The van der Waals surface area contributed by atoms with E-state index in [9.17, 15) is 9.59 Å². The van der Waals surface area contributed by atoms with E-state index in [1.165, 1.54) is 27.4 Å². The molecule has 0 aliphatic rings. The first kappa shape index (κ1) is 18.3. The highest BCUT2D eigenvalue weighted by Crippen LogP contribution is 2.40. The van der Waals surface area contributed by atoms with Gasteiger partial charge in [0, 0.05) is 11.1 Å². The molecule has 0 aromatic heterocycles. The van der Waals surface area contributed by atoms with Gasteiger partial charge in [0.1, 0.15) is 0 Å². The number of carbonyl (C=O) groups is 2. The summed E-state index contributed by atoms with van der Waals surface area (Å²) < 4.78 is 20.6. The highest BCUT2D eigenvalue weighted by atomic mass is 16.5. The zero-order chi connectivity index (χ0) is 17.4. The average molecular weight is 324 g/mol. The highest BCUT2D eigenvalue weighted by Gasteiger charge is 2.19. The highest BCUT2D eigenvalue weighted by molar-refractivity contribution is 5.98. The number of carbonyl (C=O) groups excluding carboxylic acids is 1. The van der Waals surface area contributed by atoms with E-state index in [0.29, 0.717) is 22.8 Å². The molecule has 0 aliphatic heterocycles. The van der Waals surface area contributed by atoms with E-state index >= 15 is 0 Å². The van der Waals surface area contributed by atoms with Crippen LogP contribution in [0.25, 0.3) is 6.08 Å². The number of hydrogen-bond acceptors (Lipinski definition) is 6. The number of carboxylic acids is 1. The second-order valence-corrected chi connectivity index (χ2v) is 4.38. The van der Waals surface area contributed by atoms with Crippen molar-refractivity contribution in [3.8, 4) is 17.2 Å². The predicted molar refractivity (Wildman–Crippen MR) is 83.0 cm³/mol. The van der Waals surface area contributed by atoms with E-state index in [-0.39, 0.29) is 12.2 Å². The van der Waals surface area contributed by atoms with Crippen molar-refractivity contribution in [1.82, 2.24) is 0 Å². The number of hydrogen-bond donors (Lipinski definition) is 1. The maximum Gasteiger partial charge on any atom is 0.334 e. The van der Waals surface area contributed by atoms with Crippen molar-refractivity contribution in [2.45, 2.75) is 13.3 Å². The summed E-state index contributed by atoms with van der Waals surface area (Å²) in [5.74, 6) is -0.686. The minimum Gasteiger partial charge on any atom is -0.493 e. The number of aliphatic carboxylic acids is 1. The van der Waals surface area contributed by atoms with Gasteiger partial charge in [-0.2, -0.15) is 0 Å². The molecule has 7 nitrogen and oxygen atoms in total. The van der Waals surface area contributed by atoms with Crippen molar-refractivity contribution in [2.24, 2.45) is 0 Å². The van der Waals surface area contributed by atoms with Gasteiger partial charge in [-0.3, -0.25) is 4.79 Å². The first-order valence-corrected chi connectivity index (χ1v) is 6.86. The largest absolute Gasteiger partial charge is 0.493 e. The number of rotatable bonds is 8. The molecule has 1 aromatic rings. The summed E-state index contributed by atoms with van der Waals surface area (Å²) in [6, 6.07) is 3.28. The third-order valence-electron chi connectivity index (χ3n) is 2.94. The Morgan fingerprint density at radius 2 is 1.74 bits per heavy atom. The van der Waals surface area contributed by atoms with Crippen LogP contribution in [0.4, 0.5) is 0 Å². The number of methoxy groups -OCH3 is 3. The van der Waals surface area contributed by atoms with Crippen LogP contribution in [0.2, 0.25) is 0 Å². The van der Waals surface area contributed by atoms with Crippen LogP contribution in [0.1, 0.15) is 18.9 Å². The molecule has 1 rings (SSSR count). The fourth-order valence-electron chi connectivity index (χ4n) is 1.99. The Balaban J connectivity index is 3.40. The van der Waals surface area contributed by atoms with Gasteiger partial charge < -0.3 is 24.1 Å².